The summed E-state index contributed by atoms with van der Waals surface area (Å²) in [7, 11) is 4.08. The summed E-state index contributed by atoms with van der Waals surface area (Å²) < 4.78 is 0. The summed E-state index contributed by atoms with van der Waals surface area (Å²) in [4.78, 5) is 11.1. The monoisotopic (exact) mass is 278 g/mol. The largest absolute Gasteiger partial charge is 0.377 e. The van der Waals surface area contributed by atoms with Crippen molar-refractivity contribution in [3.63, 3.8) is 0 Å². The van der Waals surface area contributed by atoms with E-state index in [0.717, 1.165) is 22.5 Å². The van der Waals surface area contributed by atoms with Gasteiger partial charge in [-0.25, -0.2) is 9.97 Å². The highest BCUT2D eigenvalue weighted by molar-refractivity contribution is 5.92. The van der Waals surface area contributed by atoms with Gasteiger partial charge in [0.2, 0.25) is 0 Å². The van der Waals surface area contributed by atoms with Crippen LogP contribution in [0.5, 0.6) is 0 Å². The fraction of sp³-hybridized carbons (Fsp3) is 0.176. The van der Waals surface area contributed by atoms with Crippen LogP contribution in [-0.2, 0) is 0 Å². The molecule has 2 heterocycles. The lowest BCUT2D eigenvalue weighted by Gasteiger charge is -2.15. The molecule has 0 aliphatic heterocycles. The van der Waals surface area contributed by atoms with Gasteiger partial charge in [-0.2, -0.15) is 0 Å². The van der Waals surface area contributed by atoms with Crippen molar-refractivity contribution in [2.24, 2.45) is 0 Å². The number of aryl methyl sites for hydroxylation is 1. The third-order valence-electron chi connectivity index (χ3n) is 3.36. The van der Waals surface area contributed by atoms with E-state index in [1.54, 1.807) is 6.20 Å². The van der Waals surface area contributed by atoms with Gasteiger partial charge >= 0.3 is 0 Å². The van der Waals surface area contributed by atoms with Crippen molar-refractivity contribution in [1.82, 2.24) is 9.97 Å². The zero-order valence-electron chi connectivity index (χ0n) is 12.5. The standard InChI is InChI=1S/C17H18N4/c1-12-9-10-18-17(11-12)20-16-8-7-13-14(19-16)5-4-6-15(13)21(2)3/h4-11H,1-3H3,(H,18,19,20). The van der Waals surface area contributed by atoms with Crippen molar-refractivity contribution < 1.29 is 0 Å². The van der Waals surface area contributed by atoms with Crippen LogP contribution in [0.25, 0.3) is 10.9 Å². The van der Waals surface area contributed by atoms with Gasteiger partial charge in [-0.05, 0) is 48.9 Å². The first-order valence-corrected chi connectivity index (χ1v) is 6.90. The molecule has 0 amide bonds. The average Bonchev–Trinajstić information content (AvgIpc) is 2.46. The number of fused-ring (bicyclic) bond motifs is 1. The molecule has 0 spiro atoms. The van der Waals surface area contributed by atoms with E-state index in [9.17, 15) is 0 Å². The molecule has 2 aromatic heterocycles. The van der Waals surface area contributed by atoms with Crippen LogP contribution in [0, 0.1) is 6.92 Å². The van der Waals surface area contributed by atoms with E-state index < -0.39 is 0 Å². The Morgan fingerprint density at radius 2 is 1.86 bits per heavy atom. The SMILES string of the molecule is Cc1ccnc(Nc2ccc3c(N(C)C)cccc3n2)c1. The topological polar surface area (TPSA) is 41.1 Å². The molecule has 3 rings (SSSR count). The van der Waals surface area contributed by atoms with Crippen LogP contribution in [0.4, 0.5) is 17.3 Å². The predicted molar refractivity (Wildman–Crippen MR) is 88.3 cm³/mol. The third-order valence-corrected chi connectivity index (χ3v) is 3.36. The highest BCUT2D eigenvalue weighted by Crippen LogP contribution is 2.26. The zero-order valence-corrected chi connectivity index (χ0v) is 12.5. The molecule has 106 valence electrons. The Hall–Kier alpha value is -2.62. The Labute approximate surface area is 124 Å². The van der Waals surface area contributed by atoms with Gasteiger partial charge in [-0.1, -0.05) is 6.07 Å². The molecule has 4 nitrogen and oxygen atoms in total. The quantitative estimate of drug-likeness (QED) is 0.792. The second kappa shape index (κ2) is 5.40. The number of benzene rings is 1. The summed E-state index contributed by atoms with van der Waals surface area (Å²) in [6.07, 6.45) is 1.79. The molecule has 1 aromatic carbocycles. The molecule has 0 fully saturated rings. The lowest BCUT2D eigenvalue weighted by atomic mass is 10.1. The number of rotatable bonds is 3. The van der Waals surface area contributed by atoms with Crippen LogP contribution in [0.15, 0.2) is 48.7 Å². The minimum Gasteiger partial charge on any atom is -0.377 e. The van der Waals surface area contributed by atoms with Crippen molar-refractivity contribution in [2.45, 2.75) is 6.92 Å². The lowest BCUT2D eigenvalue weighted by molar-refractivity contribution is 1.14. The van der Waals surface area contributed by atoms with Crippen LogP contribution >= 0.6 is 0 Å². The Kier molecular flexibility index (Phi) is 3.44. The van der Waals surface area contributed by atoms with Crippen molar-refractivity contribution >= 4 is 28.2 Å². The van der Waals surface area contributed by atoms with E-state index in [0.29, 0.717) is 0 Å². The molecule has 0 unspecified atom stereocenters. The van der Waals surface area contributed by atoms with Crippen molar-refractivity contribution in [3.05, 3.63) is 54.2 Å². The maximum absolute atomic E-state index is 4.67. The van der Waals surface area contributed by atoms with E-state index in [-0.39, 0.29) is 0 Å². The van der Waals surface area contributed by atoms with Gasteiger partial charge in [0.05, 0.1) is 5.52 Å². The summed E-state index contributed by atoms with van der Waals surface area (Å²) >= 11 is 0. The van der Waals surface area contributed by atoms with Crippen molar-refractivity contribution in [3.8, 4) is 0 Å². The number of hydrogen-bond acceptors (Lipinski definition) is 4. The number of nitrogens with zero attached hydrogens (tertiary/aromatic N) is 3. The first kappa shape index (κ1) is 13.4. The molecule has 0 bridgehead atoms. The summed E-state index contributed by atoms with van der Waals surface area (Å²) in [6, 6.07) is 14.2. The molecule has 4 heteroatoms. The van der Waals surface area contributed by atoms with E-state index >= 15 is 0 Å². The summed E-state index contributed by atoms with van der Waals surface area (Å²) in [5.74, 6) is 1.61. The fourth-order valence-corrected chi connectivity index (χ4v) is 2.33. The number of anilines is 3. The minimum absolute atomic E-state index is 0.802. The van der Waals surface area contributed by atoms with Gasteiger partial charge in [-0.3, -0.25) is 0 Å². The first-order chi connectivity index (χ1) is 10.1. The Bertz CT molecular complexity index is 781. The van der Waals surface area contributed by atoms with E-state index in [2.05, 4.69) is 32.3 Å². The predicted octanol–water partition coefficient (Wildman–Crippen LogP) is 3.75. The normalized spacial score (nSPS) is 10.6. The second-order valence-electron chi connectivity index (χ2n) is 5.28. The van der Waals surface area contributed by atoms with Gasteiger partial charge in [0.1, 0.15) is 11.6 Å². The second-order valence-corrected chi connectivity index (χ2v) is 5.28. The van der Waals surface area contributed by atoms with Crippen LogP contribution < -0.4 is 10.2 Å². The summed E-state index contributed by atoms with van der Waals surface area (Å²) in [6.45, 7) is 2.05. The number of nitrogens with one attached hydrogen (secondary N) is 1. The molecule has 0 aliphatic carbocycles. The van der Waals surface area contributed by atoms with Gasteiger partial charge < -0.3 is 10.2 Å². The number of pyridine rings is 2. The molecule has 0 saturated carbocycles. The van der Waals surface area contributed by atoms with Gasteiger partial charge in [0.25, 0.3) is 0 Å². The smallest absolute Gasteiger partial charge is 0.132 e. The maximum Gasteiger partial charge on any atom is 0.132 e. The van der Waals surface area contributed by atoms with E-state index in [1.807, 2.05) is 51.4 Å². The molecule has 21 heavy (non-hydrogen) atoms. The number of aromatic nitrogens is 2. The molecule has 0 atom stereocenters. The molecule has 0 radical (unpaired) electrons. The molecule has 1 N–H and O–H groups in total. The zero-order chi connectivity index (χ0) is 14.8. The molecule has 3 aromatic rings. The minimum atomic E-state index is 0.802. The molecule has 0 aliphatic rings. The Morgan fingerprint density at radius 3 is 2.62 bits per heavy atom. The number of hydrogen-bond donors (Lipinski definition) is 1. The van der Waals surface area contributed by atoms with Crippen LogP contribution in [0.3, 0.4) is 0 Å². The van der Waals surface area contributed by atoms with Gasteiger partial charge in [0, 0.05) is 31.4 Å². The average molecular weight is 278 g/mol. The third kappa shape index (κ3) is 2.79. The maximum atomic E-state index is 4.67. The van der Waals surface area contributed by atoms with Crippen LogP contribution in [-0.4, -0.2) is 24.1 Å². The molecular formula is C17H18N4. The van der Waals surface area contributed by atoms with Crippen LogP contribution in [0.2, 0.25) is 0 Å². The van der Waals surface area contributed by atoms with Gasteiger partial charge in [0.15, 0.2) is 0 Å². The fourth-order valence-electron chi connectivity index (χ4n) is 2.33. The van der Waals surface area contributed by atoms with Crippen molar-refractivity contribution in [2.75, 3.05) is 24.3 Å². The molecule has 0 saturated heterocycles. The highest BCUT2D eigenvalue weighted by atomic mass is 15.1. The Balaban J connectivity index is 1.98. The molecular weight excluding hydrogens is 260 g/mol. The van der Waals surface area contributed by atoms with Gasteiger partial charge in [-0.15, -0.1) is 0 Å². The highest BCUT2D eigenvalue weighted by Gasteiger charge is 2.05. The summed E-state index contributed by atoms with van der Waals surface area (Å²) in [5, 5.41) is 4.39. The van der Waals surface area contributed by atoms with Crippen LogP contribution in [0.1, 0.15) is 5.56 Å². The first-order valence-electron chi connectivity index (χ1n) is 6.90. The Morgan fingerprint density at radius 1 is 1.00 bits per heavy atom. The van der Waals surface area contributed by atoms with E-state index in [4.69, 9.17) is 0 Å². The summed E-state index contributed by atoms with van der Waals surface area (Å²) in [5.41, 5.74) is 3.31. The van der Waals surface area contributed by atoms with Crippen molar-refractivity contribution in [1.29, 1.82) is 0 Å². The van der Waals surface area contributed by atoms with E-state index in [1.165, 1.54) is 11.3 Å². The lowest BCUT2D eigenvalue weighted by Crippen LogP contribution is -2.09.